The molecule has 0 bridgehead atoms. The van der Waals surface area contributed by atoms with Crippen LogP contribution in [0.5, 0.6) is 5.75 Å². The van der Waals surface area contributed by atoms with Crippen molar-refractivity contribution in [3.05, 3.63) is 69.4 Å². The van der Waals surface area contributed by atoms with E-state index in [1.807, 2.05) is 0 Å². The van der Waals surface area contributed by atoms with Gasteiger partial charge in [0, 0.05) is 10.9 Å². The minimum atomic E-state index is -0.416. The number of carbonyl (C=O) groups is 2. The quantitative estimate of drug-likeness (QED) is 0.462. The molecule has 0 saturated heterocycles. The molecule has 9 heteroatoms. The van der Waals surface area contributed by atoms with Crippen molar-refractivity contribution in [2.45, 2.75) is 6.92 Å². The maximum absolute atomic E-state index is 13.2. The molecule has 0 aliphatic rings. The molecule has 0 radical (unpaired) electrons. The number of ketones is 1. The maximum Gasteiger partial charge on any atom is 0.269 e. The van der Waals surface area contributed by atoms with Gasteiger partial charge in [0.15, 0.2) is 5.76 Å². The van der Waals surface area contributed by atoms with Crippen molar-refractivity contribution in [1.82, 2.24) is 9.59 Å². The smallest absolute Gasteiger partial charge is 0.269 e. The van der Waals surface area contributed by atoms with Gasteiger partial charge in [-0.15, -0.1) is 5.10 Å². The Morgan fingerprint density at radius 3 is 2.69 bits per heavy atom. The predicted octanol–water partition coefficient (Wildman–Crippen LogP) is 4.74. The van der Waals surface area contributed by atoms with Gasteiger partial charge in [0.05, 0.1) is 23.5 Å². The number of aryl methyl sites for hydroxylation is 1. The molecule has 7 nitrogen and oxygen atoms in total. The Balaban J connectivity index is 1.79. The molecule has 2 aromatic heterocycles. The Kier molecular flexibility index (Phi) is 5.04. The summed E-state index contributed by atoms with van der Waals surface area (Å²) in [5, 5.41) is 7.54. The first-order chi connectivity index (χ1) is 14.0. The van der Waals surface area contributed by atoms with Crippen LogP contribution in [0, 0.1) is 6.92 Å². The third-order valence-corrected chi connectivity index (χ3v) is 5.43. The number of hydrogen-bond acceptors (Lipinski definition) is 7. The minimum Gasteiger partial charge on any atom is -0.495 e. The molecule has 2 aromatic carbocycles. The van der Waals surface area contributed by atoms with Crippen LogP contribution in [-0.2, 0) is 0 Å². The van der Waals surface area contributed by atoms with Gasteiger partial charge in [0.1, 0.15) is 16.2 Å². The van der Waals surface area contributed by atoms with E-state index in [1.165, 1.54) is 13.2 Å². The summed E-state index contributed by atoms with van der Waals surface area (Å²) >= 11 is 7.14. The molecule has 0 aliphatic carbocycles. The van der Waals surface area contributed by atoms with Crippen molar-refractivity contribution >= 4 is 51.5 Å². The van der Waals surface area contributed by atoms with Crippen LogP contribution in [-0.4, -0.2) is 28.4 Å². The Morgan fingerprint density at radius 2 is 2.00 bits per heavy atom. The minimum absolute atomic E-state index is 0.0101. The van der Waals surface area contributed by atoms with Crippen LogP contribution in [0.25, 0.3) is 11.0 Å². The SMILES string of the molecule is COc1ccc(C(=O)c2oc3ccccc3c2NC(=O)c2snnc2C)cc1Cl. The van der Waals surface area contributed by atoms with Crippen LogP contribution >= 0.6 is 23.1 Å². The first kappa shape index (κ1) is 19.1. The summed E-state index contributed by atoms with van der Waals surface area (Å²) in [5.41, 5.74) is 1.58. The van der Waals surface area contributed by atoms with Crippen LogP contribution in [0.2, 0.25) is 5.02 Å². The number of para-hydroxylation sites is 1. The van der Waals surface area contributed by atoms with E-state index in [-0.39, 0.29) is 11.4 Å². The molecular weight excluding hydrogens is 414 g/mol. The van der Waals surface area contributed by atoms with E-state index in [1.54, 1.807) is 43.3 Å². The summed E-state index contributed by atoms with van der Waals surface area (Å²) < 4.78 is 14.7. The molecule has 0 unspecified atom stereocenters. The van der Waals surface area contributed by atoms with Crippen molar-refractivity contribution in [1.29, 1.82) is 0 Å². The molecule has 2 heterocycles. The lowest BCUT2D eigenvalue weighted by Crippen LogP contribution is -2.14. The molecule has 0 spiro atoms. The number of amides is 1. The van der Waals surface area contributed by atoms with Gasteiger partial charge in [-0.1, -0.05) is 28.2 Å². The number of rotatable bonds is 5. The number of furan rings is 1. The Bertz CT molecular complexity index is 1250. The number of nitrogens with one attached hydrogen (secondary N) is 1. The normalized spacial score (nSPS) is 10.9. The van der Waals surface area contributed by atoms with Gasteiger partial charge in [-0.25, -0.2) is 0 Å². The van der Waals surface area contributed by atoms with Crippen molar-refractivity contribution in [2.24, 2.45) is 0 Å². The summed E-state index contributed by atoms with van der Waals surface area (Å²) in [5.74, 6) is -0.364. The summed E-state index contributed by atoms with van der Waals surface area (Å²) in [6.45, 7) is 1.69. The molecule has 0 fully saturated rings. The van der Waals surface area contributed by atoms with Gasteiger partial charge < -0.3 is 14.5 Å². The highest BCUT2D eigenvalue weighted by molar-refractivity contribution is 7.08. The van der Waals surface area contributed by atoms with Crippen LogP contribution in [0.4, 0.5) is 5.69 Å². The summed E-state index contributed by atoms with van der Waals surface area (Å²) in [6, 6.07) is 11.8. The summed E-state index contributed by atoms with van der Waals surface area (Å²) in [6.07, 6.45) is 0. The number of ether oxygens (including phenoxy) is 1. The highest BCUT2D eigenvalue weighted by Gasteiger charge is 2.25. The van der Waals surface area contributed by atoms with E-state index < -0.39 is 11.7 Å². The largest absolute Gasteiger partial charge is 0.495 e. The van der Waals surface area contributed by atoms with Crippen LogP contribution in [0.3, 0.4) is 0 Å². The average Bonchev–Trinajstić information content (AvgIpc) is 3.31. The number of hydrogen-bond donors (Lipinski definition) is 1. The number of methoxy groups -OCH3 is 1. The number of carbonyl (C=O) groups excluding carboxylic acids is 2. The van der Waals surface area contributed by atoms with Crippen molar-refractivity contribution in [2.75, 3.05) is 12.4 Å². The number of nitrogens with zero attached hydrogens (tertiary/aromatic N) is 2. The molecule has 0 aliphatic heterocycles. The van der Waals surface area contributed by atoms with Gasteiger partial charge >= 0.3 is 0 Å². The Morgan fingerprint density at radius 1 is 1.21 bits per heavy atom. The molecule has 0 atom stereocenters. The zero-order valence-electron chi connectivity index (χ0n) is 15.4. The number of halogens is 1. The molecule has 0 saturated carbocycles. The third-order valence-electron chi connectivity index (χ3n) is 4.31. The summed E-state index contributed by atoms with van der Waals surface area (Å²) in [7, 11) is 1.49. The lowest BCUT2D eigenvalue weighted by molar-refractivity contribution is 0.101. The van der Waals surface area contributed by atoms with Crippen LogP contribution in [0.15, 0.2) is 46.9 Å². The zero-order chi connectivity index (χ0) is 20.5. The fourth-order valence-electron chi connectivity index (χ4n) is 2.88. The number of benzene rings is 2. The average molecular weight is 428 g/mol. The van der Waals surface area contributed by atoms with E-state index in [0.717, 1.165) is 11.5 Å². The molecule has 1 amide bonds. The molecule has 4 aromatic rings. The topological polar surface area (TPSA) is 94.3 Å². The van der Waals surface area contributed by atoms with Crippen molar-refractivity contribution < 1.29 is 18.7 Å². The van der Waals surface area contributed by atoms with E-state index in [2.05, 4.69) is 14.9 Å². The highest BCUT2D eigenvalue weighted by atomic mass is 35.5. The second-order valence-corrected chi connectivity index (χ2v) is 7.28. The van der Waals surface area contributed by atoms with Crippen molar-refractivity contribution in [3.8, 4) is 5.75 Å². The van der Waals surface area contributed by atoms with Gasteiger partial charge in [-0.05, 0) is 48.8 Å². The lowest BCUT2D eigenvalue weighted by atomic mass is 10.1. The summed E-state index contributed by atoms with van der Waals surface area (Å²) in [4.78, 5) is 26.2. The van der Waals surface area contributed by atoms with E-state index in [4.69, 9.17) is 20.8 Å². The molecule has 4 rings (SSSR count). The zero-order valence-corrected chi connectivity index (χ0v) is 16.9. The lowest BCUT2D eigenvalue weighted by Gasteiger charge is -2.07. The molecule has 1 N–H and O–H groups in total. The van der Waals surface area contributed by atoms with E-state index in [0.29, 0.717) is 37.9 Å². The number of anilines is 1. The standard InChI is InChI=1S/C20H14ClN3O4S/c1-10-19(29-24-23-10)20(26)22-16-12-5-3-4-6-14(12)28-18(16)17(25)11-7-8-15(27-2)13(21)9-11/h3-9H,1-2H3,(H,22,26). The van der Waals surface area contributed by atoms with Gasteiger partial charge in [0.2, 0.25) is 5.78 Å². The van der Waals surface area contributed by atoms with Gasteiger partial charge in [-0.3, -0.25) is 9.59 Å². The monoisotopic (exact) mass is 427 g/mol. The van der Waals surface area contributed by atoms with Crippen molar-refractivity contribution in [3.63, 3.8) is 0 Å². The second kappa shape index (κ2) is 7.65. The van der Waals surface area contributed by atoms with Gasteiger partial charge in [-0.2, -0.15) is 0 Å². The Labute approximate surface area is 174 Å². The Hall–Kier alpha value is -3.23. The number of fused-ring (bicyclic) bond motifs is 1. The first-order valence-corrected chi connectivity index (χ1v) is 9.64. The third kappa shape index (κ3) is 3.48. The second-order valence-electron chi connectivity index (χ2n) is 6.12. The molecular formula is C20H14ClN3O4S. The fourth-order valence-corrected chi connectivity index (χ4v) is 3.69. The maximum atomic E-state index is 13.2. The predicted molar refractivity (Wildman–Crippen MR) is 110 cm³/mol. The highest BCUT2D eigenvalue weighted by Crippen LogP contribution is 2.34. The first-order valence-electron chi connectivity index (χ1n) is 8.49. The fraction of sp³-hybridized carbons (Fsp3) is 0.100. The van der Waals surface area contributed by atoms with E-state index in [9.17, 15) is 9.59 Å². The van der Waals surface area contributed by atoms with E-state index >= 15 is 0 Å². The number of aromatic nitrogens is 2. The molecule has 146 valence electrons. The van der Waals surface area contributed by atoms with Crippen LogP contribution in [0.1, 0.15) is 31.5 Å². The van der Waals surface area contributed by atoms with Gasteiger partial charge in [0.25, 0.3) is 5.91 Å². The van der Waals surface area contributed by atoms with Crippen LogP contribution < -0.4 is 10.1 Å². The molecule has 29 heavy (non-hydrogen) atoms.